The quantitative estimate of drug-likeness (QED) is 0.524. The summed E-state index contributed by atoms with van der Waals surface area (Å²) in [5.41, 5.74) is 0. The van der Waals surface area contributed by atoms with Crippen molar-refractivity contribution in [2.75, 3.05) is 0 Å². The molecule has 0 saturated carbocycles. The van der Waals surface area contributed by atoms with E-state index in [9.17, 15) is 4.39 Å². The van der Waals surface area contributed by atoms with Crippen LogP contribution in [0.1, 0.15) is 33.1 Å². The molecule has 0 N–H and O–H groups in total. The van der Waals surface area contributed by atoms with E-state index >= 15 is 0 Å². The summed E-state index contributed by atoms with van der Waals surface area (Å²) in [6.07, 6.45) is 3.04. The van der Waals surface area contributed by atoms with Crippen molar-refractivity contribution in [2.24, 2.45) is 5.92 Å². The zero-order valence-corrected chi connectivity index (χ0v) is 8.19. The van der Waals surface area contributed by atoms with E-state index < -0.39 is 4.18 Å². The van der Waals surface area contributed by atoms with Crippen molar-refractivity contribution >= 4 is 22.6 Å². The number of rotatable bonds is 4. The molecule has 0 aromatic heterocycles. The van der Waals surface area contributed by atoms with Crippen molar-refractivity contribution < 1.29 is 4.39 Å². The van der Waals surface area contributed by atoms with Crippen LogP contribution in [0.15, 0.2) is 0 Å². The molecular formula is C7H14FI. The van der Waals surface area contributed by atoms with Crippen molar-refractivity contribution in [3.63, 3.8) is 0 Å². The van der Waals surface area contributed by atoms with Crippen LogP contribution in [-0.4, -0.2) is 4.18 Å². The Morgan fingerprint density at radius 3 is 2.44 bits per heavy atom. The molecule has 0 aromatic carbocycles. The lowest BCUT2D eigenvalue weighted by atomic mass is 10.0. The maximum absolute atomic E-state index is 12.3. The molecule has 0 radical (unpaired) electrons. The molecule has 0 fully saturated rings. The third kappa shape index (κ3) is 6.55. The Morgan fingerprint density at radius 1 is 1.56 bits per heavy atom. The largest absolute Gasteiger partial charge is 0.236 e. The Hall–Kier alpha value is 0.660. The highest BCUT2D eigenvalue weighted by Crippen LogP contribution is 2.18. The van der Waals surface area contributed by atoms with Gasteiger partial charge in [0.05, 0.1) is 0 Å². The van der Waals surface area contributed by atoms with Gasteiger partial charge in [-0.25, -0.2) is 4.39 Å². The second-order valence-corrected chi connectivity index (χ2v) is 3.87. The second-order valence-electron chi connectivity index (χ2n) is 2.52. The summed E-state index contributed by atoms with van der Waals surface area (Å²) in [6, 6.07) is 0. The van der Waals surface area contributed by atoms with E-state index in [0.717, 1.165) is 6.42 Å². The van der Waals surface area contributed by atoms with E-state index in [1.807, 2.05) is 22.6 Å². The van der Waals surface area contributed by atoms with Crippen LogP contribution >= 0.6 is 22.6 Å². The minimum atomic E-state index is -0.649. The monoisotopic (exact) mass is 244 g/mol. The van der Waals surface area contributed by atoms with Gasteiger partial charge in [0.15, 0.2) is 4.18 Å². The summed E-state index contributed by atoms with van der Waals surface area (Å²) in [5, 5.41) is 0. The molecular weight excluding hydrogens is 230 g/mol. The normalized spacial score (nSPS) is 17.3. The van der Waals surface area contributed by atoms with Crippen molar-refractivity contribution in [2.45, 2.75) is 37.3 Å². The van der Waals surface area contributed by atoms with Crippen molar-refractivity contribution in [1.82, 2.24) is 0 Å². The predicted molar refractivity (Wildman–Crippen MR) is 47.6 cm³/mol. The van der Waals surface area contributed by atoms with Crippen LogP contribution in [0.2, 0.25) is 0 Å². The fourth-order valence-electron chi connectivity index (χ4n) is 0.915. The zero-order valence-electron chi connectivity index (χ0n) is 6.03. The lowest BCUT2D eigenvalue weighted by molar-refractivity contribution is 0.371. The lowest BCUT2D eigenvalue weighted by Crippen LogP contribution is -1.99. The first kappa shape index (κ1) is 9.66. The summed E-state index contributed by atoms with van der Waals surface area (Å²) in [6.45, 7) is 4.24. The molecule has 0 rings (SSSR count). The van der Waals surface area contributed by atoms with Gasteiger partial charge in [0.1, 0.15) is 0 Å². The zero-order chi connectivity index (χ0) is 7.28. The smallest absolute Gasteiger partial charge is 0.151 e. The molecule has 0 nitrogen and oxygen atoms in total. The van der Waals surface area contributed by atoms with E-state index in [4.69, 9.17) is 0 Å². The van der Waals surface area contributed by atoms with E-state index in [2.05, 4.69) is 13.8 Å². The standard InChI is InChI=1S/C7H14FI/c1-3-4-6(2)5-7(8)9/h6-7H,3-5H2,1-2H3. The number of halogens is 2. The van der Waals surface area contributed by atoms with Crippen molar-refractivity contribution in [3.8, 4) is 0 Å². The molecule has 0 bridgehead atoms. The molecule has 0 spiro atoms. The molecule has 9 heavy (non-hydrogen) atoms. The maximum atomic E-state index is 12.3. The first-order chi connectivity index (χ1) is 4.16. The highest BCUT2D eigenvalue weighted by molar-refractivity contribution is 14.1. The van der Waals surface area contributed by atoms with Crippen LogP contribution < -0.4 is 0 Å². The first-order valence-electron chi connectivity index (χ1n) is 3.45. The Balaban J connectivity index is 3.15. The van der Waals surface area contributed by atoms with Gasteiger partial charge in [-0.2, -0.15) is 0 Å². The summed E-state index contributed by atoms with van der Waals surface area (Å²) in [7, 11) is 0. The number of hydrogen-bond acceptors (Lipinski definition) is 0. The highest BCUT2D eigenvalue weighted by Gasteiger charge is 2.06. The van der Waals surface area contributed by atoms with Gasteiger partial charge < -0.3 is 0 Å². The predicted octanol–water partition coefficient (Wildman–Crippen LogP) is 3.54. The molecule has 0 aliphatic carbocycles. The third-order valence-corrected chi connectivity index (χ3v) is 1.87. The Kier molecular flexibility index (Phi) is 5.84. The first-order valence-corrected chi connectivity index (χ1v) is 4.69. The van der Waals surface area contributed by atoms with E-state index in [0.29, 0.717) is 12.3 Å². The molecule has 2 heteroatoms. The average molecular weight is 244 g/mol. The molecule has 0 aliphatic heterocycles. The van der Waals surface area contributed by atoms with Gasteiger partial charge in [0.25, 0.3) is 0 Å². The third-order valence-electron chi connectivity index (χ3n) is 1.36. The molecule has 56 valence electrons. The minimum absolute atomic E-state index is 0.557. The summed E-state index contributed by atoms with van der Waals surface area (Å²) < 4.78 is 11.6. The average Bonchev–Trinajstić information content (AvgIpc) is 1.63. The van der Waals surface area contributed by atoms with Crippen LogP contribution in [0.4, 0.5) is 4.39 Å². The van der Waals surface area contributed by atoms with Gasteiger partial charge in [-0.3, -0.25) is 0 Å². The fraction of sp³-hybridized carbons (Fsp3) is 1.00. The van der Waals surface area contributed by atoms with Crippen molar-refractivity contribution in [1.29, 1.82) is 0 Å². The van der Waals surface area contributed by atoms with Gasteiger partial charge in [-0.15, -0.1) is 0 Å². The SMILES string of the molecule is CCCC(C)CC(F)I. The summed E-state index contributed by atoms with van der Waals surface area (Å²) in [5.74, 6) is 0.557. The van der Waals surface area contributed by atoms with Crippen LogP contribution in [-0.2, 0) is 0 Å². The van der Waals surface area contributed by atoms with Gasteiger partial charge in [0, 0.05) is 0 Å². The van der Waals surface area contributed by atoms with Gasteiger partial charge in [-0.05, 0) is 34.9 Å². The molecule has 0 amide bonds. The van der Waals surface area contributed by atoms with Crippen LogP contribution in [0, 0.1) is 5.92 Å². The fourth-order valence-corrected chi connectivity index (χ4v) is 1.78. The summed E-state index contributed by atoms with van der Waals surface area (Å²) >= 11 is 1.83. The molecule has 2 unspecified atom stereocenters. The maximum Gasteiger partial charge on any atom is 0.151 e. The van der Waals surface area contributed by atoms with Crippen LogP contribution in [0.25, 0.3) is 0 Å². The number of hydrogen-bond donors (Lipinski definition) is 0. The molecule has 2 atom stereocenters. The summed E-state index contributed by atoms with van der Waals surface area (Å²) in [4.78, 5) is 0. The Labute approximate surface area is 70.4 Å². The minimum Gasteiger partial charge on any atom is -0.236 e. The highest BCUT2D eigenvalue weighted by atomic mass is 127. The topological polar surface area (TPSA) is 0 Å². The van der Waals surface area contributed by atoms with Gasteiger partial charge >= 0.3 is 0 Å². The molecule has 0 heterocycles. The molecule has 0 aliphatic rings. The lowest BCUT2D eigenvalue weighted by Gasteiger charge is -2.08. The van der Waals surface area contributed by atoms with Crippen LogP contribution in [0.5, 0.6) is 0 Å². The van der Waals surface area contributed by atoms with Gasteiger partial charge in [0.2, 0.25) is 0 Å². The van der Waals surface area contributed by atoms with Crippen LogP contribution in [0.3, 0.4) is 0 Å². The Morgan fingerprint density at radius 2 is 2.11 bits per heavy atom. The number of alkyl halides is 2. The van der Waals surface area contributed by atoms with Crippen molar-refractivity contribution in [3.05, 3.63) is 0 Å². The van der Waals surface area contributed by atoms with E-state index in [1.54, 1.807) is 0 Å². The van der Waals surface area contributed by atoms with Gasteiger partial charge in [-0.1, -0.05) is 26.7 Å². The Bertz CT molecular complexity index is 63.9. The second kappa shape index (κ2) is 5.45. The molecule has 0 aromatic rings. The van der Waals surface area contributed by atoms with E-state index in [1.165, 1.54) is 6.42 Å². The molecule has 0 saturated heterocycles. The van der Waals surface area contributed by atoms with E-state index in [-0.39, 0.29) is 0 Å².